The third-order valence-corrected chi connectivity index (χ3v) is 3.50. The number of carbonyl (C=O) groups is 2. The molecule has 0 aromatic carbocycles. The minimum atomic E-state index is -0.288. The standard InChI is InChI=1S/C12H19NO4/c1-8-5-10(8)12(15)13-3-4-17-9(7-13)6-11(14)16-2/h8-10H,3-7H2,1-2H3. The Hall–Kier alpha value is -1.10. The highest BCUT2D eigenvalue weighted by Gasteiger charge is 2.42. The molecule has 1 heterocycles. The predicted octanol–water partition coefficient (Wildman–Crippen LogP) is 0.433. The van der Waals surface area contributed by atoms with Gasteiger partial charge in [-0.1, -0.05) is 6.92 Å². The molecule has 0 aromatic rings. The summed E-state index contributed by atoms with van der Waals surface area (Å²) in [6.45, 7) is 3.75. The summed E-state index contributed by atoms with van der Waals surface area (Å²) in [6.07, 6.45) is 1.01. The number of hydrogen-bond donors (Lipinski definition) is 0. The van der Waals surface area contributed by atoms with E-state index in [4.69, 9.17) is 4.74 Å². The molecule has 5 nitrogen and oxygen atoms in total. The molecule has 1 aliphatic carbocycles. The van der Waals surface area contributed by atoms with Gasteiger partial charge in [0.1, 0.15) is 0 Å². The van der Waals surface area contributed by atoms with E-state index in [1.807, 2.05) is 4.90 Å². The zero-order valence-corrected chi connectivity index (χ0v) is 10.3. The first-order valence-electron chi connectivity index (χ1n) is 6.09. The van der Waals surface area contributed by atoms with Gasteiger partial charge in [0.05, 0.1) is 26.2 Å². The van der Waals surface area contributed by atoms with Crippen molar-refractivity contribution in [3.8, 4) is 0 Å². The number of nitrogens with zero attached hydrogens (tertiary/aromatic N) is 1. The molecule has 0 bridgehead atoms. The molecule has 3 unspecified atom stereocenters. The first-order chi connectivity index (χ1) is 8.11. The summed E-state index contributed by atoms with van der Waals surface area (Å²) in [6, 6.07) is 0. The Morgan fingerprint density at radius 3 is 2.76 bits per heavy atom. The highest BCUT2D eigenvalue weighted by Crippen LogP contribution is 2.39. The average molecular weight is 241 g/mol. The second kappa shape index (κ2) is 5.04. The smallest absolute Gasteiger partial charge is 0.308 e. The Morgan fingerprint density at radius 1 is 1.47 bits per heavy atom. The lowest BCUT2D eigenvalue weighted by atomic mass is 10.2. The SMILES string of the molecule is COC(=O)CC1CN(C(=O)C2CC2C)CCO1. The molecule has 2 fully saturated rings. The van der Waals surface area contributed by atoms with Crippen LogP contribution in [0.3, 0.4) is 0 Å². The zero-order chi connectivity index (χ0) is 12.4. The second-order valence-corrected chi connectivity index (χ2v) is 4.88. The van der Waals surface area contributed by atoms with Crippen molar-refractivity contribution in [2.75, 3.05) is 26.8 Å². The third kappa shape index (κ3) is 2.97. The monoisotopic (exact) mass is 241 g/mol. The van der Waals surface area contributed by atoms with Crippen LogP contribution in [0.2, 0.25) is 0 Å². The fraction of sp³-hybridized carbons (Fsp3) is 0.833. The summed E-state index contributed by atoms with van der Waals surface area (Å²) in [4.78, 5) is 25.0. The number of carbonyl (C=O) groups excluding carboxylic acids is 2. The van der Waals surface area contributed by atoms with Crippen LogP contribution in [-0.4, -0.2) is 49.7 Å². The molecule has 1 saturated heterocycles. The molecule has 3 atom stereocenters. The largest absolute Gasteiger partial charge is 0.469 e. The Labute approximate surface area is 101 Å². The molecule has 17 heavy (non-hydrogen) atoms. The van der Waals surface area contributed by atoms with Crippen molar-refractivity contribution in [3.63, 3.8) is 0 Å². The van der Waals surface area contributed by atoms with Gasteiger partial charge in [0.2, 0.25) is 5.91 Å². The molecular formula is C12H19NO4. The van der Waals surface area contributed by atoms with Gasteiger partial charge in [0.25, 0.3) is 0 Å². The molecule has 0 spiro atoms. The van der Waals surface area contributed by atoms with Crippen LogP contribution in [0.4, 0.5) is 0 Å². The van der Waals surface area contributed by atoms with Crippen molar-refractivity contribution in [1.82, 2.24) is 4.90 Å². The summed E-state index contributed by atoms with van der Waals surface area (Å²) < 4.78 is 10.1. The second-order valence-electron chi connectivity index (χ2n) is 4.88. The minimum Gasteiger partial charge on any atom is -0.469 e. The molecule has 96 valence electrons. The van der Waals surface area contributed by atoms with Crippen LogP contribution in [0.25, 0.3) is 0 Å². The molecule has 1 saturated carbocycles. The zero-order valence-electron chi connectivity index (χ0n) is 10.3. The number of ether oxygens (including phenoxy) is 2. The average Bonchev–Trinajstić information content (AvgIpc) is 3.05. The van der Waals surface area contributed by atoms with Gasteiger partial charge < -0.3 is 14.4 Å². The molecule has 5 heteroatoms. The maximum absolute atomic E-state index is 12.0. The van der Waals surface area contributed by atoms with E-state index in [1.165, 1.54) is 7.11 Å². The lowest BCUT2D eigenvalue weighted by molar-refractivity contribution is -0.150. The number of amides is 1. The van der Waals surface area contributed by atoms with Crippen molar-refractivity contribution in [2.24, 2.45) is 11.8 Å². The highest BCUT2D eigenvalue weighted by molar-refractivity contribution is 5.81. The molecule has 2 aliphatic rings. The van der Waals surface area contributed by atoms with Crippen molar-refractivity contribution < 1.29 is 19.1 Å². The molecule has 2 rings (SSSR count). The fourth-order valence-electron chi connectivity index (χ4n) is 2.21. The molecule has 1 aliphatic heterocycles. The van der Waals surface area contributed by atoms with Crippen molar-refractivity contribution in [1.29, 1.82) is 0 Å². The Balaban J connectivity index is 1.84. The quantitative estimate of drug-likeness (QED) is 0.672. The maximum atomic E-state index is 12.0. The van der Waals surface area contributed by atoms with E-state index in [2.05, 4.69) is 11.7 Å². The van der Waals surface area contributed by atoms with Gasteiger partial charge in [0.15, 0.2) is 0 Å². The van der Waals surface area contributed by atoms with E-state index in [-0.39, 0.29) is 30.3 Å². The van der Waals surface area contributed by atoms with Gasteiger partial charge in [0, 0.05) is 19.0 Å². The van der Waals surface area contributed by atoms with E-state index in [9.17, 15) is 9.59 Å². The number of rotatable bonds is 3. The number of esters is 1. The van der Waals surface area contributed by atoms with Gasteiger partial charge in [-0.3, -0.25) is 9.59 Å². The number of methoxy groups -OCH3 is 1. The summed E-state index contributed by atoms with van der Waals surface area (Å²) in [5.41, 5.74) is 0. The Bertz CT molecular complexity index is 318. The lowest BCUT2D eigenvalue weighted by Gasteiger charge is -2.32. The lowest BCUT2D eigenvalue weighted by Crippen LogP contribution is -2.47. The van der Waals surface area contributed by atoms with Gasteiger partial charge in [-0.25, -0.2) is 0 Å². The summed E-state index contributed by atoms with van der Waals surface area (Å²) in [5, 5.41) is 0. The van der Waals surface area contributed by atoms with Crippen molar-refractivity contribution in [3.05, 3.63) is 0 Å². The van der Waals surface area contributed by atoms with Crippen LogP contribution in [-0.2, 0) is 19.1 Å². The van der Waals surface area contributed by atoms with E-state index in [1.54, 1.807) is 0 Å². The first kappa shape index (κ1) is 12.4. The number of hydrogen-bond acceptors (Lipinski definition) is 4. The Kier molecular flexibility index (Phi) is 3.66. The van der Waals surface area contributed by atoms with Crippen LogP contribution >= 0.6 is 0 Å². The van der Waals surface area contributed by atoms with Crippen LogP contribution in [0.5, 0.6) is 0 Å². The summed E-state index contributed by atoms with van der Waals surface area (Å²) in [7, 11) is 1.36. The maximum Gasteiger partial charge on any atom is 0.308 e. The first-order valence-corrected chi connectivity index (χ1v) is 6.09. The van der Waals surface area contributed by atoms with E-state index < -0.39 is 0 Å². The predicted molar refractivity (Wildman–Crippen MR) is 60.2 cm³/mol. The molecule has 1 amide bonds. The van der Waals surface area contributed by atoms with Gasteiger partial charge in [-0.05, 0) is 12.3 Å². The van der Waals surface area contributed by atoms with E-state index >= 15 is 0 Å². The van der Waals surface area contributed by atoms with Gasteiger partial charge in [-0.2, -0.15) is 0 Å². The van der Waals surface area contributed by atoms with Gasteiger partial charge in [-0.15, -0.1) is 0 Å². The molecule has 0 N–H and O–H groups in total. The van der Waals surface area contributed by atoms with Gasteiger partial charge >= 0.3 is 5.97 Å². The topological polar surface area (TPSA) is 55.8 Å². The third-order valence-electron chi connectivity index (χ3n) is 3.50. The van der Waals surface area contributed by atoms with Crippen LogP contribution in [0.1, 0.15) is 19.8 Å². The fourth-order valence-corrected chi connectivity index (χ4v) is 2.21. The number of morpholine rings is 1. The van der Waals surface area contributed by atoms with Crippen molar-refractivity contribution in [2.45, 2.75) is 25.9 Å². The molecule has 0 aromatic heterocycles. The summed E-state index contributed by atoms with van der Waals surface area (Å²) in [5.74, 6) is 0.649. The van der Waals surface area contributed by atoms with E-state index in [0.717, 1.165) is 6.42 Å². The van der Waals surface area contributed by atoms with E-state index in [0.29, 0.717) is 25.6 Å². The van der Waals surface area contributed by atoms with Crippen molar-refractivity contribution >= 4 is 11.9 Å². The Morgan fingerprint density at radius 2 is 2.18 bits per heavy atom. The highest BCUT2D eigenvalue weighted by atomic mass is 16.5. The molecular weight excluding hydrogens is 222 g/mol. The van der Waals surface area contributed by atoms with Crippen LogP contribution in [0, 0.1) is 11.8 Å². The molecule has 0 radical (unpaired) electrons. The normalized spacial score (nSPS) is 32.1. The summed E-state index contributed by atoms with van der Waals surface area (Å²) >= 11 is 0. The minimum absolute atomic E-state index is 0.201. The van der Waals surface area contributed by atoms with Crippen LogP contribution in [0.15, 0.2) is 0 Å². The van der Waals surface area contributed by atoms with Crippen LogP contribution < -0.4 is 0 Å².